The Bertz CT molecular complexity index is 1040. The van der Waals surface area contributed by atoms with Gasteiger partial charge in [0.15, 0.2) is 16.6 Å². The third-order valence-electron chi connectivity index (χ3n) is 9.49. The first-order valence-electron chi connectivity index (χ1n) is 15.2. The predicted octanol–water partition coefficient (Wildman–Crippen LogP) is 11.8. The fraction of sp³-hybridized carbons (Fsp3) is 0.647. The zero-order chi connectivity index (χ0) is 31.2. The number of ether oxygens (including phenoxy) is 2. The van der Waals surface area contributed by atoms with Gasteiger partial charge in [0.25, 0.3) is 0 Å². The molecule has 0 aliphatic rings. The van der Waals surface area contributed by atoms with Crippen LogP contribution in [0.3, 0.4) is 0 Å². The lowest BCUT2D eigenvalue weighted by Gasteiger charge is -2.51. The van der Waals surface area contributed by atoms with Gasteiger partial charge in [0.05, 0.1) is 14.2 Å². The maximum Gasteiger partial charge on any atom is 0.182 e. The normalized spacial score (nSPS) is 16.9. The first kappa shape index (κ1) is 36.6. The smallest absolute Gasteiger partial charge is 0.182 e. The van der Waals surface area contributed by atoms with Gasteiger partial charge in [0.2, 0.25) is 0 Å². The Hall–Kier alpha value is -0.606. The molecule has 7 heteroatoms. The molecule has 4 unspecified atom stereocenters. The highest BCUT2D eigenvalue weighted by Gasteiger charge is 2.51. The van der Waals surface area contributed by atoms with E-state index in [-0.39, 0.29) is 10.1 Å². The number of hydrogen-bond acceptors (Lipinski definition) is 3. The van der Waals surface area contributed by atoms with Crippen LogP contribution >= 0.6 is 31.9 Å². The molecule has 0 saturated heterocycles. The number of hydrogen-bond donors (Lipinski definition) is 0. The quantitative estimate of drug-likeness (QED) is 0.181. The molecular weight excluding hydrogens is 672 g/mol. The van der Waals surface area contributed by atoms with Crippen molar-refractivity contribution in [2.24, 2.45) is 11.8 Å². The van der Waals surface area contributed by atoms with Gasteiger partial charge < -0.3 is 13.6 Å². The van der Waals surface area contributed by atoms with Crippen molar-refractivity contribution in [2.75, 3.05) is 14.2 Å². The van der Waals surface area contributed by atoms with Gasteiger partial charge >= 0.3 is 0 Å². The summed E-state index contributed by atoms with van der Waals surface area (Å²) >= 11 is 7.52. The fourth-order valence-electron chi connectivity index (χ4n) is 5.32. The van der Waals surface area contributed by atoms with Crippen LogP contribution in [-0.2, 0) is 17.0 Å². The van der Waals surface area contributed by atoms with Crippen LogP contribution in [0, 0.1) is 11.8 Å². The highest BCUT2D eigenvalue weighted by molar-refractivity contribution is 9.10. The molecule has 0 spiro atoms. The second kappa shape index (κ2) is 14.9. The van der Waals surface area contributed by atoms with E-state index in [1.165, 1.54) is 45.0 Å². The molecule has 4 atom stereocenters. The Morgan fingerprint density at radius 2 is 1.00 bits per heavy atom. The largest absolute Gasteiger partial charge is 0.497 e. The minimum atomic E-state index is -2.07. The van der Waals surface area contributed by atoms with Crippen molar-refractivity contribution in [1.29, 1.82) is 0 Å². The maximum absolute atomic E-state index is 7.70. The lowest BCUT2D eigenvalue weighted by atomic mass is 9.99. The lowest BCUT2D eigenvalue weighted by Crippen LogP contribution is -2.57. The van der Waals surface area contributed by atoms with Crippen LogP contribution in [0.25, 0.3) is 0 Å². The molecule has 3 nitrogen and oxygen atoms in total. The summed E-state index contributed by atoms with van der Waals surface area (Å²) in [7, 11) is -0.670. The Morgan fingerprint density at radius 1 is 0.659 bits per heavy atom. The number of rotatable bonds is 14. The van der Waals surface area contributed by atoms with Crippen LogP contribution in [0.1, 0.15) is 79.4 Å². The van der Waals surface area contributed by atoms with Gasteiger partial charge in [-0.2, -0.15) is 0 Å². The van der Waals surface area contributed by atoms with Crippen LogP contribution in [-0.4, -0.2) is 30.9 Å². The van der Waals surface area contributed by atoms with Crippen molar-refractivity contribution < 1.29 is 13.6 Å². The van der Waals surface area contributed by atoms with Gasteiger partial charge in [-0.1, -0.05) is 100 Å². The van der Waals surface area contributed by atoms with Gasteiger partial charge in [-0.3, -0.25) is 0 Å². The molecule has 0 N–H and O–H groups in total. The zero-order valence-electron chi connectivity index (χ0n) is 27.8. The standard InChI is InChI=1S/C34H56Br2O3Si2/c1-25(21-27-23-29(37-9)13-15-31(27)35)17-19-40(11,33(3,4)5)39-41(12,34(6,7)8)20-18-26(2)22-28-24-30(38-10)14-16-32(28)36/h13-16,23-26H,17-22H2,1-12H3. The molecule has 0 aliphatic heterocycles. The molecule has 0 aromatic heterocycles. The van der Waals surface area contributed by atoms with Crippen molar-refractivity contribution in [1.82, 2.24) is 0 Å². The van der Waals surface area contributed by atoms with Gasteiger partial charge in [0, 0.05) is 8.95 Å². The number of halogens is 2. The van der Waals surface area contributed by atoms with Gasteiger partial charge in [-0.05, 0) is 107 Å². The average Bonchev–Trinajstić information content (AvgIpc) is 2.87. The topological polar surface area (TPSA) is 27.7 Å². The van der Waals surface area contributed by atoms with Crippen molar-refractivity contribution in [3.8, 4) is 11.5 Å². The number of methoxy groups -OCH3 is 2. The zero-order valence-corrected chi connectivity index (χ0v) is 33.0. The first-order valence-corrected chi connectivity index (χ1v) is 22.0. The molecule has 2 aromatic rings. The Morgan fingerprint density at radius 3 is 1.29 bits per heavy atom. The maximum atomic E-state index is 7.70. The summed E-state index contributed by atoms with van der Waals surface area (Å²) in [5.74, 6) is 2.99. The fourth-order valence-corrected chi connectivity index (χ4v) is 17.0. The monoisotopic (exact) mass is 726 g/mol. The number of benzene rings is 2. The van der Waals surface area contributed by atoms with E-state index in [4.69, 9.17) is 13.6 Å². The molecule has 0 radical (unpaired) electrons. The summed E-state index contributed by atoms with van der Waals surface area (Å²) < 4.78 is 21.0. The van der Waals surface area contributed by atoms with E-state index in [1.807, 2.05) is 12.1 Å². The summed E-state index contributed by atoms with van der Waals surface area (Å²) in [6.45, 7) is 24.3. The Balaban J connectivity index is 2.18. The van der Waals surface area contributed by atoms with Gasteiger partial charge in [0.1, 0.15) is 11.5 Å². The summed E-state index contributed by atoms with van der Waals surface area (Å²) in [5, 5.41) is 0.333. The Labute approximate surface area is 271 Å². The van der Waals surface area contributed by atoms with Crippen molar-refractivity contribution in [3.05, 3.63) is 56.5 Å². The third-order valence-corrected chi connectivity index (χ3v) is 23.5. The minimum Gasteiger partial charge on any atom is -0.497 e. The second-order valence-electron chi connectivity index (χ2n) is 14.7. The first-order chi connectivity index (χ1) is 18.8. The van der Waals surface area contributed by atoms with Crippen LogP contribution in [0.4, 0.5) is 0 Å². The van der Waals surface area contributed by atoms with E-state index >= 15 is 0 Å². The van der Waals surface area contributed by atoms with E-state index in [0.29, 0.717) is 11.8 Å². The molecule has 0 saturated carbocycles. The summed E-state index contributed by atoms with van der Waals surface area (Å²) in [4.78, 5) is 0. The van der Waals surface area contributed by atoms with Gasteiger partial charge in [-0.15, -0.1) is 0 Å². The summed E-state index contributed by atoms with van der Waals surface area (Å²) in [6, 6.07) is 15.0. The molecule has 0 heterocycles. The van der Waals surface area contributed by atoms with Crippen LogP contribution in [0.5, 0.6) is 11.5 Å². The molecule has 0 fully saturated rings. The molecule has 232 valence electrons. The molecule has 0 aliphatic carbocycles. The highest BCUT2D eigenvalue weighted by Crippen LogP contribution is 2.49. The Kier molecular flexibility index (Phi) is 13.3. The summed E-state index contributed by atoms with van der Waals surface area (Å²) in [5.41, 5.74) is 2.64. The van der Waals surface area contributed by atoms with E-state index < -0.39 is 16.6 Å². The molecule has 0 amide bonds. The molecule has 0 bridgehead atoms. The predicted molar refractivity (Wildman–Crippen MR) is 190 cm³/mol. The SMILES string of the molecule is COc1ccc(Br)c(CC(C)CC[Si](C)(O[Si](C)(CCC(C)Cc2cc(OC)ccc2Br)C(C)(C)C)C(C)(C)C)c1. The van der Waals surface area contributed by atoms with E-state index in [0.717, 1.165) is 24.3 Å². The molecule has 2 aromatic carbocycles. The lowest BCUT2D eigenvalue weighted by molar-refractivity contribution is 0.409. The second-order valence-corrected chi connectivity index (χ2v) is 26.1. The minimum absolute atomic E-state index is 0.167. The molecule has 2 rings (SSSR count). The van der Waals surface area contributed by atoms with Crippen LogP contribution in [0.15, 0.2) is 45.3 Å². The van der Waals surface area contributed by atoms with Crippen molar-refractivity contribution in [3.63, 3.8) is 0 Å². The third kappa shape index (κ3) is 10.2. The van der Waals surface area contributed by atoms with Crippen LogP contribution in [0.2, 0.25) is 35.3 Å². The highest BCUT2D eigenvalue weighted by atomic mass is 79.9. The van der Waals surface area contributed by atoms with Crippen molar-refractivity contribution in [2.45, 2.75) is 116 Å². The average molecular weight is 729 g/mol. The summed E-state index contributed by atoms with van der Waals surface area (Å²) in [6.07, 6.45) is 4.44. The van der Waals surface area contributed by atoms with E-state index in [9.17, 15) is 0 Å². The van der Waals surface area contributed by atoms with Gasteiger partial charge in [-0.25, -0.2) is 0 Å². The molecule has 41 heavy (non-hydrogen) atoms. The van der Waals surface area contributed by atoms with E-state index in [1.54, 1.807) is 14.2 Å². The van der Waals surface area contributed by atoms with Crippen LogP contribution < -0.4 is 9.47 Å². The molecular formula is C34H56Br2O3Si2. The van der Waals surface area contributed by atoms with E-state index in [2.05, 4.69) is 125 Å². The van der Waals surface area contributed by atoms with Crippen molar-refractivity contribution >= 4 is 48.5 Å².